The number of fused-ring (bicyclic) bond motifs is 1. The molecular formula is C13H16ClN3O2. The lowest BCUT2D eigenvalue weighted by Crippen LogP contribution is -2.37. The van der Waals surface area contributed by atoms with Crippen LogP contribution in [0.2, 0.25) is 5.02 Å². The molecule has 1 aliphatic heterocycles. The molecule has 2 aromatic rings. The van der Waals surface area contributed by atoms with Crippen molar-refractivity contribution < 1.29 is 9.47 Å². The zero-order chi connectivity index (χ0) is 13.1. The Morgan fingerprint density at radius 2 is 2.32 bits per heavy atom. The highest BCUT2D eigenvalue weighted by Gasteiger charge is 2.13. The number of aromatic nitrogens is 2. The number of ether oxygens (including phenoxy) is 2. The summed E-state index contributed by atoms with van der Waals surface area (Å²) >= 11 is 5.94. The fourth-order valence-electron chi connectivity index (χ4n) is 2.12. The highest BCUT2D eigenvalue weighted by molar-refractivity contribution is 6.30. The van der Waals surface area contributed by atoms with Crippen LogP contribution in [0.3, 0.4) is 0 Å². The molecule has 1 atom stereocenters. The smallest absolute Gasteiger partial charge is 0.137 e. The van der Waals surface area contributed by atoms with Crippen LogP contribution < -0.4 is 5.32 Å². The zero-order valence-corrected chi connectivity index (χ0v) is 11.3. The predicted octanol–water partition coefficient (Wildman–Crippen LogP) is 1.49. The van der Waals surface area contributed by atoms with Crippen LogP contribution in [0.15, 0.2) is 24.5 Å². The number of hydrogen-bond acceptors (Lipinski definition) is 4. The Kier molecular flexibility index (Phi) is 3.98. The minimum Gasteiger partial charge on any atom is -0.376 e. The quantitative estimate of drug-likeness (QED) is 0.922. The van der Waals surface area contributed by atoms with Crippen molar-refractivity contribution in [3.8, 4) is 0 Å². The van der Waals surface area contributed by atoms with Gasteiger partial charge in [0.1, 0.15) is 5.65 Å². The predicted molar refractivity (Wildman–Crippen MR) is 72.5 cm³/mol. The van der Waals surface area contributed by atoms with E-state index in [9.17, 15) is 0 Å². The summed E-state index contributed by atoms with van der Waals surface area (Å²) in [5.74, 6) is 0. The van der Waals surface area contributed by atoms with Gasteiger partial charge >= 0.3 is 0 Å². The second kappa shape index (κ2) is 5.88. The van der Waals surface area contributed by atoms with Crippen molar-refractivity contribution in [2.75, 3.05) is 26.4 Å². The molecule has 0 spiro atoms. The van der Waals surface area contributed by atoms with Crippen molar-refractivity contribution in [2.24, 2.45) is 0 Å². The molecule has 19 heavy (non-hydrogen) atoms. The number of nitrogens with one attached hydrogen (secondary N) is 1. The van der Waals surface area contributed by atoms with Crippen LogP contribution >= 0.6 is 11.6 Å². The van der Waals surface area contributed by atoms with Gasteiger partial charge in [0.25, 0.3) is 0 Å². The van der Waals surface area contributed by atoms with E-state index in [1.165, 1.54) is 0 Å². The van der Waals surface area contributed by atoms with E-state index in [2.05, 4.69) is 10.3 Å². The molecule has 1 N–H and O–H groups in total. The molecule has 1 aliphatic rings. The molecule has 102 valence electrons. The number of hydrogen-bond donors (Lipinski definition) is 1. The van der Waals surface area contributed by atoms with Gasteiger partial charge in [0.15, 0.2) is 0 Å². The van der Waals surface area contributed by atoms with Crippen LogP contribution in [-0.2, 0) is 16.0 Å². The van der Waals surface area contributed by atoms with Crippen molar-refractivity contribution >= 4 is 17.2 Å². The molecular weight excluding hydrogens is 266 g/mol. The Labute approximate surface area is 116 Å². The fraction of sp³-hybridized carbons (Fsp3) is 0.462. The SMILES string of the molecule is Clc1ccc2nc(CNCC3COCCO3)cn2c1. The van der Waals surface area contributed by atoms with Gasteiger partial charge in [-0.1, -0.05) is 11.6 Å². The molecule has 5 nitrogen and oxygen atoms in total. The van der Waals surface area contributed by atoms with E-state index in [1.807, 2.05) is 28.9 Å². The Hall–Kier alpha value is -1.14. The average Bonchev–Trinajstić information content (AvgIpc) is 2.82. The lowest BCUT2D eigenvalue weighted by Gasteiger charge is -2.22. The first-order valence-corrected chi connectivity index (χ1v) is 6.72. The highest BCUT2D eigenvalue weighted by atomic mass is 35.5. The van der Waals surface area contributed by atoms with Crippen LogP contribution in [0.1, 0.15) is 5.69 Å². The molecule has 1 saturated heterocycles. The van der Waals surface area contributed by atoms with Gasteiger partial charge in [0.2, 0.25) is 0 Å². The van der Waals surface area contributed by atoms with Crippen molar-refractivity contribution in [1.29, 1.82) is 0 Å². The van der Waals surface area contributed by atoms with E-state index in [-0.39, 0.29) is 6.10 Å². The van der Waals surface area contributed by atoms with Gasteiger partial charge in [-0.3, -0.25) is 0 Å². The fourth-order valence-corrected chi connectivity index (χ4v) is 2.29. The van der Waals surface area contributed by atoms with Crippen LogP contribution in [-0.4, -0.2) is 41.9 Å². The molecule has 0 bridgehead atoms. The molecule has 0 amide bonds. The topological polar surface area (TPSA) is 47.8 Å². The highest BCUT2D eigenvalue weighted by Crippen LogP contribution is 2.11. The van der Waals surface area contributed by atoms with Crippen molar-refractivity contribution in [3.05, 3.63) is 35.2 Å². The largest absolute Gasteiger partial charge is 0.376 e. The summed E-state index contributed by atoms with van der Waals surface area (Å²) < 4.78 is 12.8. The maximum atomic E-state index is 5.94. The van der Waals surface area contributed by atoms with Gasteiger partial charge in [-0.2, -0.15) is 0 Å². The summed E-state index contributed by atoms with van der Waals surface area (Å²) in [5.41, 5.74) is 1.89. The third-order valence-electron chi connectivity index (χ3n) is 3.03. The first-order chi connectivity index (χ1) is 9.31. The van der Waals surface area contributed by atoms with E-state index in [4.69, 9.17) is 21.1 Å². The third kappa shape index (κ3) is 3.25. The van der Waals surface area contributed by atoms with Gasteiger partial charge in [-0.05, 0) is 12.1 Å². The van der Waals surface area contributed by atoms with E-state index < -0.39 is 0 Å². The van der Waals surface area contributed by atoms with E-state index in [1.54, 1.807) is 0 Å². The summed E-state index contributed by atoms with van der Waals surface area (Å²) in [6.07, 6.45) is 3.97. The van der Waals surface area contributed by atoms with E-state index in [0.717, 1.165) is 17.9 Å². The maximum Gasteiger partial charge on any atom is 0.137 e. The first kappa shape index (κ1) is 12.9. The minimum atomic E-state index is 0.139. The number of halogens is 1. The van der Waals surface area contributed by atoms with Crippen LogP contribution in [0, 0.1) is 0 Å². The zero-order valence-electron chi connectivity index (χ0n) is 10.5. The van der Waals surface area contributed by atoms with Crippen molar-refractivity contribution in [3.63, 3.8) is 0 Å². The minimum absolute atomic E-state index is 0.139. The Balaban J connectivity index is 1.56. The first-order valence-electron chi connectivity index (χ1n) is 6.34. The summed E-state index contributed by atoms with van der Waals surface area (Å²) in [6.45, 7) is 3.52. The standard InChI is InChI=1S/C13H16ClN3O2/c14-10-1-2-13-16-11(8-17(13)7-10)5-15-6-12-9-18-3-4-19-12/h1-2,7-8,12,15H,3-6,9H2. The molecule has 0 saturated carbocycles. The van der Waals surface area contributed by atoms with Crippen molar-refractivity contribution in [1.82, 2.24) is 14.7 Å². The molecule has 0 radical (unpaired) electrons. The van der Waals surface area contributed by atoms with E-state index in [0.29, 0.717) is 31.4 Å². The molecule has 1 unspecified atom stereocenters. The summed E-state index contributed by atoms with van der Waals surface area (Å²) in [6, 6.07) is 3.75. The Morgan fingerprint density at radius 3 is 3.16 bits per heavy atom. The number of rotatable bonds is 4. The molecule has 1 fully saturated rings. The Morgan fingerprint density at radius 1 is 1.37 bits per heavy atom. The van der Waals surface area contributed by atoms with Gasteiger partial charge < -0.3 is 19.2 Å². The molecule has 3 rings (SSSR count). The monoisotopic (exact) mass is 281 g/mol. The maximum absolute atomic E-state index is 5.94. The normalized spacial score (nSPS) is 19.9. The van der Waals surface area contributed by atoms with Gasteiger partial charge in [-0.25, -0.2) is 4.98 Å². The molecule has 6 heteroatoms. The van der Waals surface area contributed by atoms with Crippen molar-refractivity contribution in [2.45, 2.75) is 12.6 Å². The van der Waals surface area contributed by atoms with Gasteiger partial charge in [0.05, 0.1) is 36.6 Å². The van der Waals surface area contributed by atoms with Crippen LogP contribution in [0.5, 0.6) is 0 Å². The van der Waals surface area contributed by atoms with Crippen LogP contribution in [0.4, 0.5) is 0 Å². The number of imidazole rings is 1. The molecule has 0 aromatic carbocycles. The average molecular weight is 282 g/mol. The summed E-state index contributed by atoms with van der Waals surface area (Å²) in [5, 5.41) is 4.04. The summed E-state index contributed by atoms with van der Waals surface area (Å²) in [4.78, 5) is 4.51. The van der Waals surface area contributed by atoms with Gasteiger partial charge in [0, 0.05) is 25.5 Å². The second-order valence-corrected chi connectivity index (χ2v) is 4.98. The van der Waals surface area contributed by atoms with E-state index >= 15 is 0 Å². The molecule has 2 aromatic heterocycles. The third-order valence-corrected chi connectivity index (χ3v) is 3.25. The lowest BCUT2D eigenvalue weighted by molar-refractivity contribution is -0.0864. The lowest BCUT2D eigenvalue weighted by atomic mass is 10.3. The number of pyridine rings is 1. The van der Waals surface area contributed by atoms with Gasteiger partial charge in [-0.15, -0.1) is 0 Å². The Bertz CT molecular complexity index is 552. The molecule has 0 aliphatic carbocycles. The number of nitrogens with zero attached hydrogens (tertiary/aromatic N) is 2. The molecule has 3 heterocycles. The summed E-state index contributed by atoms with van der Waals surface area (Å²) in [7, 11) is 0. The van der Waals surface area contributed by atoms with Crippen LogP contribution in [0.25, 0.3) is 5.65 Å². The second-order valence-electron chi connectivity index (χ2n) is 4.54.